The smallest absolute Gasteiger partial charge is 0.387 e. The molecule has 0 aliphatic rings. The Morgan fingerprint density at radius 3 is 2.50 bits per heavy atom. The molecule has 2 rings (SSSR count). The summed E-state index contributed by atoms with van der Waals surface area (Å²) in [6, 6.07) is 6.34. The number of ether oxygens (including phenoxy) is 1. The standard InChI is InChI=1S/C11H10BrF2N3O/c12-9-5-16-17(10(9)15)6-7-1-3-8(4-2-7)18-11(13)14/h1-5,11H,6,15H2. The lowest BCUT2D eigenvalue weighted by atomic mass is 10.2. The van der Waals surface area contributed by atoms with Gasteiger partial charge in [0, 0.05) is 0 Å². The number of aromatic nitrogens is 2. The number of halogens is 3. The molecule has 4 nitrogen and oxygen atoms in total. The SMILES string of the molecule is Nc1c(Br)cnn1Cc1ccc(OC(F)F)cc1. The van der Waals surface area contributed by atoms with Crippen LogP contribution >= 0.6 is 15.9 Å². The maximum atomic E-state index is 12.0. The van der Waals surface area contributed by atoms with Gasteiger partial charge in [0.15, 0.2) is 0 Å². The van der Waals surface area contributed by atoms with Crippen molar-refractivity contribution in [1.82, 2.24) is 9.78 Å². The molecule has 0 amide bonds. The Balaban J connectivity index is 2.08. The quantitative estimate of drug-likeness (QED) is 0.943. The largest absolute Gasteiger partial charge is 0.435 e. The predicted octanol–water partition coefficient (Wildman–Crippen LogP) is 2.88. The molecule has 0 aliphatic carbocycles. The van der Waals surface area contributed by atoms with E-state index >= 15 is 0 Å². The Hall–Kier alpha value is -1.63. The van der Waals surface area contributed by atoms with Crippen LogP contribution in [0.25, 0.3) is 0 Å². The Morgan fingerprint density at radius 2 is 2.00 bits per heavy atom. The summed E-state index contributed by atoms with van der Waals surface area (Å²) in [6.07, 6.45) is 1.60. The second-order valence-electron chi connectivity index (χ2n) is 3.56. The van der Waals surface area contributed by atoms with Crippen LogP contribution in [0.5, 0.6) is 5.75 Å². The highest BCUT2D eigenvalue weighted by atomic mass is 79.9. The van der Waals surface area contributed by atoms with Gasteiger partial charge in [-0.2, -0.15) is 13.9 Å². The number of hydrogen-bond donors (Lipinski definition) is 1. The summed E-state index contributed by atoms with van der Waals surface area (Å²) >= 11 is 3.26. The third kappa shape index (κ3) is 2.98. The molecule has 0 unspecified atom stereocenters. The van der Waals surface area contributed by atoms with Crippen LogP contribution in [0.4, 0.5) is 14.6 Å². The molecule has 1 heterocycles. The van der Waals surface area contributed by atoms with Gasteiger partial charge in [-0.1, -0.05) is 12.1 Å². The van der Waals surface area contributed by atoms with Gasteiger partial charge in [0.2, 0.25) is 0 Å². The molecule has 0 radical (unpaired) electrons. The van der Waals surface area contributed by atoms with E-state index in [0.717, 1.165) is 10.0 Å². The average molecular weight is 318 g/mol. The molecule has 7 heteroatoms. The lowest BCUT2D eigenvalue weighted by Crippen LogP contribution is -2.06. The van der Waals surface area contributed by atoms with Crippen molar-refractivity contribution in [1.29, 1.82) is 0 Å². The normalized spacial score (nSPS) is 10.9. The van der Waals surface area contributed by atoms with Gasteiger partial charge < -0.3 is 10.5 Å². The molecule has 0 saturated heterocycles. The summed E-state index contributed by atoms with van der Waals surface area (Å²) in [7, 11) is 0. The van der Waals surface area contributed by atoms with E-state index in [4.69, 9.17) is 5.73 Å². The highest BCUT2D eigenvalue weighted by molar-refractivity contribution is 9.10. The summed E-state index contributed by atoms with van der Waals surface area (Å²) in [5.74, 6) is 0.645. The Labute approximate surface area is 110 Å². The molecular weight excluding hydrogens is 308 g/mol. The van der Waals surface area contributed by atoms with Gasteiger partial charge >= 0.3 is 6.61 Å². The Bertz CT molecular complexity index is 528. The van der Waals surface area contributed by atoms with E-state index in [1.807, 2.05) is 0 Å². The minimum Gasteiger partial charge on any atom is -0.435 e. The minimum absolute atomic E-state index is 0.128. The first kappa shape index (κ1) is 12.8. The van der Waals surface area contributed by atoms with Crippen molar-refractivity contribution in [2.24, 2.45) is 0 Å². The first-order valence-electron chi connectivity index (χ1n) is 5.07. The molecule has 18 heavy (non-hydrogen) atoms. The van der Waals surface area contributed by atoms with Crippen LogP contribution in [-0.4, -0.2) is 16.4 Å². The highest BCUT2D eigenvalue weighted by Crippen LogP contribution is 2.20. The fourth-order valence-corrected chi connectivity index (χ4v) is 1.74. The van der Waals surface area contributed by atoms with E-state index in [2.05, 4.69) is 25.8 Å². The zero-order chi connectivity index (χ0) is 13.1. The van der Waals surface area contributed by atoms with Gasteiger partial charge in [-0.25, -0.2) is 4.68 Å². The van der Waals surface area contributed by atoms with Gasteiger partial charge in [-0.3, -0.25) is 0 Å². The van der Waals surface area contributed by atoms with Crippen molar-refractivity contribution in [2.45, 2.75) is 13.2 Å². The van der Waals surface area contributed by atoms with Crippen molar-refractivity contribution in [2.75, 3.05) is 5.73 Å². The average Bonchev–Trinajstić information content (AvgIpc) is 2.63. The van der Waals surface area contributed by atoms with E-state index in [-0.39, 0.29) is 5.75 Å². The zero-order valence-corrected chi connectivity index (χ0v) is 10.8. The van der Waals surface area contributed by atoms with E-state index in [0.29, 0.717) is 12.4 Å². The van der Waals surface area contributed by atoms with E-state index in [1.165, 1.54) is 12.1 Å². The summed E-state index contributed by atoms with van der Waals surface area (Å²) in [6.45, 7) is -2.35. The minimum atomic E-state index is -2.81. The van der Waals surface area contributed by atoms with E-state index in [1.54, 1.807) is 23.0 Å². The van der Waals surface area contributed by atoms with Crippen LogP contribution in [0.3, 0.4) is 0 Å². The molecule has 0 aliphatic heterocycles. The number of nitrogens with two attached hydrogens (primary N) is 1. The molecular formula is C11H10BrF2N3O. The molecule has 1 aromatic carbocycles. The Kier molecular flexibility index (Phi) is 3.81. The molecule has 1 aromatic heterocycles. The third-order valence-corrected chi connectivity index (χ3v) is 2.93. The third-order valence-electron chi connectivity index (χ3n) is 2.31. The summed E-state index contributed by atoms with van der Waals surface area (Å²) in [4.78, 5) is 0. The van der Waals surface area contributed by atoms with Gasteiger partial charge in [0.1, 0.15) is 11.6 Å². The maximum absolute atomic E-state index is 12.0. The second kappa shape index (κ2) is 5.34. The van der Waals surface area contributed by atoms with Crippen LogP contribution in [-0.2, 0) is 6.54 Å². The summed E-state index contributed by atoms with van der Waals surface area (Å²) in [5, 5.41) is 4.07. The number of rotatable bonds is 4. The molecule has 2 aromatic rings. The number of alkyl halides is 2. The molecule has 96 valence electrons. The van der Waals surface area contributed by atoms with Crippen LogP contribution in [0.2, 0.25) is 0 Å². The predicted molar refractivity (Wildman–Crippen MR) is 66.5 cm³/mol. The Morgan fingerprint density at radius 1 is 1.33 bits per heavy atom. The fourth-order valence-electron chi connectivity index (χ4n) is 1.45. The van der Waals surface area contributed by atoms with Gasteiger partial charge in [0.05, 0.1) is 17.2 Å². The van der Waals surface area contributed by atoms with Gasteiger partial charge in [-0.15, -0.1) is 0 Å². The van der Waals surface area contributed by atoms with E-state index < -0.39 is 6.61 Å². The number of nitrogens with zero attached hydrogens (tertiary/aromatic N) is 2. The van der Waals surface area contributed by atoms with Gasteiger partial charge in [-0.05, 0) is 33.6 Å². The first-order valence-corrected chi connectivity index (χ1v) is 5.86. The van der Waals surface area contributed by atoms with Crippen molar-refractivity contribution in [3.63, 3.8) is 0 Å². The molecule has 0 fully saturated rings. The summed E-state index contributed by atoms with van der Waals surface area (Å²) < 4.78 is 30.5. The molecule has 0 spiro atoms. The first-order chi connectivity index (χ1) is 8.56. The van der Waals surface area contributed by atoms with Crippen molar-refractivity contribution < 1.29 is 13.5 Å². The molecule has 2 N–H and O–H groups in total. The zero-order valence-electron chi connectivity index (χ0n) is 9.19. The van der Waals surface area contributed by atoms with Gasteiger partial charge in [0.25, 0.3) is 0 Å². The lowest BCUT2D eigenvalue weighted by molar-refractivity contribution is -0.0498. The fraction of sp³-hybridized carbons (Fsp3) is 0.182. The second-order valence-corrected chi connectivity index (χ2v) is 4.41. The van der Waals surface area contributed by atoms with Crippen LogP contribution in [0.15, 0.2) is 34.9 Å². The van der Waals surface area contributed by atoms with Crippen molar-refractivity contribution >= 4 is 21.7 Å². The monoisotopic (exact) mass is 317 g/mol. The number of benzene rings is 1. The number of nitrogen functional groups attached to an aromatic ring is 1. The summed E-state index contributed by atoms with van der Waals surface area (Å²) in [5.41, 5.74) is 6.66. The van der Waals surface area contributed by atoms with Crippen LogP contribution in [0, 0.1) is 0 Å². The van der Waals surface area contributed by atoms with Crippen molar-refractivity contribution in [3.05, 3.63) is 40.5 Å². The molecule has 0 bridgehead atoms. The molecule has 0 saturated carbocycles. The van der Waals surface area contributed by atoms with Crippen molar-refractivity contribution in [3.8, 4) is 5.75 Å². The molecule has 0 atom stereocenters. The van der Waals surface area contributed by atoms with Crippen LogP contribution in [0.1, 0.15) is 5.56 Å². The topological polar surface area (TPSA) is 53.1 Å². The van der Waals surface area contributed by atoms with E-state index in [9.17, 15) is 8.78 Å². The van der Waals surface area contributed by atoms with Crippen LogP contribution < -0.4 is 10.5 Å². The maximum Gasteiger partial charge on any atom is 0.387 e. The lowest BCUT2D eigenvalue weighted by Gasteiger charge is -2.07. The number of anilines is 1. The number of hydrogen-bond acceptors (Lipinski definition) is 3. The highest BCUT2D eigenvalue weighted by Gasteiger charge is 2.06.